The highest BCUT2D eigenvalue weighted by atomic mass is 127. The molecule has 0 aliphatic heterocycles. The molecule has 6 nitrogen and oxygen atoms in total. The SMILES string of the molecule is CCNC(=NCc1ccccc1OC)NCCS(=O)(=O)c1ccccc1F.I. The van der Waals surface area contributed by atoms with E-state index < -0.39 is 15.7 Å². The van der Waals surface area contributed by atoms with Gasteiger partial charge in [0.2, 0.25) is 0 Å². The zero-order chi connectivity index (χ0) is 19.7. The van der Waals surface area contributed by atoms with Crippen molar-refractivity contribution in [1.82, 2.24) is 10.6 Å². The Labute approximate surface area is 182 Å². The van der Waals surface area contributed by atoms with Crippen LogP contribution in [0.25, 0.3) is 0 Å². The summed E-state index contributed by atoms with van der Waals surface area (Å²) in [6.07, 6.45) is 0. The maximum atomic E-state index is 13.7. The van der Waals surface area contributed by atoms with Crippen LogP contribution in [0.4, 0.5) is 4.39 Å². The van der Waals surface area contributed by atoms with Crippen LogP contribution < -0.4 is 15.4 Å². The molecule has 0 unspecified atom stereocenters. The van der Waals surface area contributed by atoms with Crippen molar-refractivity contribution in [1.29, 1.82) is 0 Å². The summed E-state index contributed by atoms with van der Waals surface area (Å²) in [5, 5.41) is 6.03. The van der Waals surface area contributed by atoms with E-state index in [1.165, 1.54) is 18.2 Å². The first-order valence-electron chi connectivity index (χ1n) is 8.59. The lowest BCUT2D eigenvalue weighted by Gasteiger charge is -2.12. The number of methoxy groups -OCH3 is 1. The number of benzene rings is 2. The van der Waals surface area contributed by atoms with Crippen LogP contribution in [-0.2, 0) is 16.4 Å². The largest absolute Gasteiger partial charge is 0.496 e. The van der Waals surface area contributed by atoms with Gasteiger partial charge in [-0.25, -0.2) is 17.8 Å². The fourth-order valence-electron chi connectivity index (χ4n) is 2.45. The molecule has 0 spiro atoms. The molecule has 154 valence electrons. The lowest BCUT2D eigenvalue weighted by atomic mass is 10.2. The van der Waals surface area contributed by atoms with Crippen molar-refractivity contribution in [2.24, 2.45) is 4.99 Å². The standard InChI is InChI=1S/C19H24FN3O3S.HI/c1-3-21-19(23-14-15-8-4-6-10-17(15)26-2)22-12-13-27(24,25)18-11-7-5-9-16(18)20;/h4-11H,3,12-14H2,1-2H3,(H2,21,22,23);1H. The van der Waals surface area contributed by atoms with Gasteiger partial charge in [-0.15, -0.1) is 24.0 Å². The average Bonchev–Trinajstić information content (AvgIpc) is 2.66. The van der Waals surface area contributed by atoms with E-state index in [1.54, 1.807) is 7.11 Å². The Kier molecular flexibility index (Phi) is 10.2. The highest BCUT2D eigenvalue weighted by molar-refractivity contribution is 14.0. The average molecular weight is 521 g/mol. The second-order valence-electron chi connectivity index (χ2n) is 5.68. The molecular formula is C19H25FIN3O3S. The molecule has 9 heteroatoms. The first kappa shape index (κ1) is 24.2. The normalized spacial score (nSPS) is 11.5. The van der Waals surface area contributed by atoms with E-state index in [9.17, 15) is 12.8 Å². The quantitative estimate of drug-likeness (QED) is 0.317. The van der Waals surface area contributed by atoms with Gasteiger partial charge in [0.05, 0.1) is 19.4 Å². The van der Waals surface area contributed by atoms with E-state index in [-0.39, 0.29) is 41.2 Å². The van der Waals surface area contributed by atoms with Crippen molar-refractivity contribution in [3.63, 3.8) is 0 Å². The number of ether oxygens (including phenoxy) is 1. The van der Waals surface area contributed by atoms with Gasteiger partial charge in [-0.1, -0.05) is 30.3 Å². The summed E-state index contributed by atoms with van der Waals surface area (Å²) in [6, 6.07) is 12.9. The number of para-hydroxylation sites is 1. The minimum Gasteiger partial charge on any atom is -0.496 e. The summed E-state index contributed by atoms with van der Waals surface area (Å²) in [4.78, 5) is 4.16. The first-order chi connectivity index (χ1) is 13.0. The van der Waals surface area contributed by atoms with Gasteiger partial charge in [0.1, 0.15) is 16.5 Å². The molecule has 0 atom stereocenters. The zero-order valence-corrected chi connectivity index (χ0v) is 19.0. The van der Waals surface area contributed by atoms with Crippen molar-refractivity contribution in [2.45, 2.75) is 18.4 Å². The van der Waals surface area contributed by atoms with Crippen LogP contribution in [0.1, 0.15) is 12.5 Å². The van der Waals surface area contributed by atoms with Crippen LogP contribution in [0.5, 0.6) is 5.75 Å². The molecule has 2 aromatic rings. The Bertz CT molecular complexity index is 891. The highest BCUT2D eigenvalue weighted by Crippen LogP contribution is 2.18. The third-order valence-corrected chi connectivity index (χ3v) is 5.52. The molecule has 28 heavy (non-hydrogen) atoms. The van der Waals surface area contributed by atoms with Crippen LogP contribution >= 0.6 is 24.0 Å². The van der Waals surface area contributed by atoms with Gasteiger partial charge in [-0.3, -0.25) is 0 Å². The van der Waals surface area contributed by atoms with Gasteiger partial charge in [-0.05, 0) is 25.1 Å². The monoisotopic (exact) mass is 521 g/mol. The van der Waals surface area contributed by atoms with Gasteiger partial charge in [-0.2, -0.15) is 0 Å². The van der Waals surface area contributed by atoms with Crippen molar-refractivity contribution in [3.8, 4) is 5.75 Å². The molecule has 0 aromatic heterocycles. The van der Waals surface area contributed by atoms with E-state index in [1.807, 2.05) is 31.2 Å². The maximum Gasteiger partial charge on any atom is 0.191 e. The first-order valence-corrected chi connectivity index (χ1v) is 10.2. The Balaban J connectivity index is 0.00000392. The van der Waals surface area contributed by atoms with E-state index in [0.29, 0.717) is 19.0 Å². The number of sulfone groups is 1. The highest BCUT2D eigenvalue weighted by Gasteiger charge is 2.18. The lowest BCUT2D eigenvalue weighted by Crippen LogP contribution is -2.39. The van der Waals surface area contributed by atoms with Crippen LogP contribution in [-0.4, -0.2) is 40.3 Å². The molecule has 0 aliphatic rings. The van der Waals surface area contributed by atoms with Gasteiger partial charge < -0.3 is 15.4 Å². The van der Waals surface area contributed by atoms with E-state index in [2.05, 4.69) is 15.6 Å². The van der Waals surface area contributed by atoms with E-state index in [0.717, 1.165) is 17.4 Å². The zero-order valence-electron chi connectivity index (χ0n) is 15.8. The van der Waals surface area contributed by atoms with Crippen LogP contribution in [0.2, 0.25) is 0 Å². The van der Waals surface area contributed by atoms with E-state index >= 15 is 0 Å². The van der Waals surface area contributed by atoms with Gasteiger partial charge in [0.15, 0.2) is 15.8 Å². The molecule has 2 aromatic carbocycles. The summed E-state index contributed by atoms with van der Waals surface area (Å²) in [5.41, 5.74) is 0.913. The molecule has 0 saturated carbocycles. The number of rotatable bonds is 8. The van der Waals surface area contributed by atoms with E-state index in [4.69, 9.17) is 4.74 Å². The smallest absolute Gasteiger partial charge is 0.191 e. The maximum absolute atomic E-state index is 13.7. The number of hydrogen-bond donors (Lipinski definition) is 2. The summed E-state index contributed by atoms with van der Waals surface area (Å²) in [5.74, 6) is 0.230. The Morgan fingerprint density at radius 3 is 2.46 bits per heavy atom. The summed E-state index contributed by atoms with van der Waals surface area (Å²) in [6.45, 7) is 3.02. The Hall–Kier alpha value is -1.88. The van der Waals surface area contributed by atoms with Crippen molar-refractivity contribution < 1.29 is 17.5 Å². The molecule has 0 fully saturated rings. The Morgan fingerprint density at radius 2 is 1.79 bits per heavy atom. The van der Waals surface area contributed by atoms with Gasteiger partial charge in [0, 0.05) is 18.7 Å². The molecule has 2 rings (SSSR count). The fraction of sp³-hybridized carbons (Fsp3) is 0.316. The van der Waals surface area contributed by atoms with Crippen LogP contribution in [0.15, 0.2) is 58.4 Å². The topological polar surface area (TPSA) is 79.8 Å². The predicted octanol–water partition coefficient (Wildman–Crippen LogP) is 2.98. The van der Waals surface area contributed by atoms with Crippen molar-refractivity contribution in [3.05, 3.63) is 59.9 Å². The number of nitrogens with one attached hydrogen (secondary N) is 2. The van der Waals surface area contributed by atoms with Gasteiger partial charge >= 0.3 is 0 Å². The number of aliphatic imine (C=N–C) groups is 1. The minimum absolute atomic E-state index is 0. The summed E-state index contributed by atoms with van der Waals surface area (Å²) >= 11 is 0. The third kappa shape index (κ3) is 6.93. The molecule has 2 N–H and O–H groups in total. The number of guanidine groups is 1. The number of halogens is 2. The molecule has 0 amide bonds. The molecule has 0 radical (unpaired) electrons. The number of nitrogens with zero attached hydrogens (tertiary/aromatic N) is 1. The van der Waals surface area contributed by atoms with Crippen LogP contribution in [0, 0.1) is 5.82 Å². The Morgan fingerprint density at radius 1 is 1.11 bits per heavy atom. The molecule has 0 saturated heterocycles. The van der Waals surface area contributed by atoms with Crippen LogP contribution in [0.3, 0.4) is 0 Å². The third-order valence-electron chi connectivity index (χ3n) is 3.78. The molecule has 0 bridgehead atoms. The number of hydrogen-bond acceptors (Lipinski definition) is 4. The molecule has 0 aliphatic carbocycles. The summed E-state index contributed by atoms with van der Waals surface area (Å²) < 4.78 is 43.6. The van der Waals surface area contributed by atoms with Crippen molar-refractivity contribution in [2.75, 3.05) is 26.0 Å². The lowest BCUT2D eigenvalue weighted by molar-refractivity contribution is 0.410. The predicted molar refractivity (Wildman–Crippen MR) is 120 cm³/mol. The fourth-order valence-corrected chi connectivity index (χ4v) is 3.69. The van der Waals surface area contributed by atoms with Crippen molar-refractivity contribution >= 4 is 39.8 Å². The second kappa shape index (κ2) is 11.8. The van der Waals surface area contributed by atoms with Gasteiger partial charge in [0.25, 0.3) is 0 Å². The minimum atomic E-state index is -3.72. The second-order valence-corrected chi connectivity index (χ2v) is 7.76. The molecular weight excluding hydrogens is 496 g/mol. The molecule has 0 heterocycles. The summed E-state index contributed by atoms with van der Waals surface area (Å²) in [7, 11) is -2.12.